The molecule has 0 amide bonds. The number of aryl methyl sites for hydroxylation is 2. The monoisotopic (exact) mass is 288 g/mol. The van der Waals surface area contributed by atoms with Gasteiger partial charge >= 0.3 is 0 Å². The number of thioether (sulfide) groups is 1. The molecule has 0 radical (unpaired) electrons. The van der Waals surface area contributed by atoms with Crippen LogP contribution in [0.3, 0.4) is 0 Å². The quantitative estimate of drug-likeness (QED) is 0.393. The van der Waals surface area contributed by atoms with Crippen molar-refractivity contribution in [2.24, 2.45) is 0 Å². The number of nitrogens with zero attached hydrogens (tertiary/aromatic N) is 1. The van der Waals surface area contributed by atoms with E-state index in [1.165, 1.54) is 0 Å². The summed E-state index contributed by atoms with van der Waals surface area (Å²) in [6, 6.07) is 12.7. The number of hydrogen-bond acceptors (Lipinski definition) is 4. The lowest BCUT2D eigenvalue weighted by Crippen LogP contribution is -1.97. The first kappa shape index (κ1) is 14.4. The maximum atomic E-state index is 10.9. The number of hydrogen-bond donors (Lipinski definition) is 1. The van der Waals surface area contributed by atoms with Gasteiger partial charge in [0.1, 0.15) is 0 Å². The number of nitro groups is 1. The van der Waals surface area contributed by atoms with Crippen LogP contribution >= 0.6 is 11.8 Å². The molecular formula is C15H16N2O2S. The van der Waals surface area contributed by atoms with E-state index in [2.05, 4.69) is 0 Å². The maximum Gasteiger partial charge on any atom is 0.272 e. The maximum absolute atomic E-state index is 10.9. The van der Waals surface area contributed by atoms with Gasteiger partial charge in [-0.15, -0.1) is 11.8 Å². The Morgan fingerprint density at radius 3 is 2.70 bits per heavy atom. The molecule has 0 saturated carbocycles. The van der Waals surface area contributed by atoms with Crippen molar-refractivity contribution >= 4 is 23.1 Å². The second kappa shape index (κ2) is 6.43. The SMILES string of the molecule is Cc1cc(N)ccc1SCCc1ccccc1[N+](=O)[O-]. The first-order valence-electron chi connectivity index (χ1n) is 6.29. The molecule has 0 atom stereocenters. The predicted molar refractivity (Wildman–Crippen MR) is 83.1 cm³/mol. The molecule has 0 aliphatic carbocycles. The number of para-hydroxylation sites is 1. The van der Waals surface area contributed by atoms with Gasteiger partial charge in [0.2, 0.25) is 0 Å². The third kappa shape index (κ3) is 3.51. The van der Waals surface area contributed by atoms with Crippen molar-refractivity contribution in [3.63, 3.8) is 0 Å². The van der Waals surface area contributed by atoms with E-state index in [1.807, 2.05) is 37.3 Å². The molecule has 0 unspecified atom stereocenters. The van der Waals surface area contributed by atoms with Gasteiger partial charge in [-0.25, -0.2) is 0 Å². The predicted octanol–water partition coefficient (Wildman–Crippen LogP) is 3.82. The van der Waals surface area contributed by atoms with Gasteiger partial charge in [0, 0.05) is 28.0 Å². The van der Waals surface area contributed by atoms with Crippen LogP contribution < -0.4 is 5.73 Å². The van der Waals surface area contributed by atoms with Crippen LogP contribution in [0.2, 0.25) is 0 Å². The molecule has 104 valence electrons. The molecule has 0 aliphatic rings. The molecule has 0 bridgehead atoms. The Kier molecular flexibility index (Phi) is 4.63. The summed E-state index contributed by atoms with van der Waals surface area (Å²) in [7, 11) is 0. The van der Waals surface area contributed by atoms with Crippen molar-refractivity contribution in [2.45, 2.75) is 18.2 Å². The fourth-order valence-corrected chi connectivity index (χ4v) is 3.00. The van der Waals surface area contributed by atoms with Gasteiger partial charge in [0.05, 0.1) is 4.92 Å². The second-order valence-electron chi connectivity index (χ2n) is 4.51. The van der Waals surface area contributed by atoms with Crippen LogP contribution in [-0.4, -0.2) is 10.7 Å². The molecule has 0 saturated heterocycles. The highest BCUT2D eigenvalue weighted by atomic mass is 32.2. The van der Waals surface area contributed by atoms with Crippen molar-refractivity contribution in [1.29, 1.82) is 0 Å². The molecule has 2 N–H and O–H groups in total. The summed E-state index contributed by atoms with van der Waals surface area (Å²) in [6.45, 7) is 2.02. The highest BCUT2D eigenvalue weighted by Crippen LogP contribution is 2.26. The summed E-state index contributed by atoms with van der Waals surface area (Å²) in [6.07, 6.45) is 0.672. The molecule has 0 spiro atoms. The summed E-state index contributed by atoms with van der Waals surface area (Å²) >= 11 is 1.69. The van der Waals surface area contributed by atoms with Gasteiger partial charge < -0.3 is 5.73 Å². The Labute approximate surface area is 122 Å². The number of nitrogen functional groups attached to an aromatic ring is 1. The zero-order valence-corrected chi connectivity index (χ0v) is 12.0. The van der Waals surface area contributed by atoms with Crippen LogP contribution in [0.1, 0.15) is 11.1 Å². The first-order chi connectivity index (χ1) is 9.58. The third-order valence-electron chi connectivity index (χ3n) is 3.02. The largest absolute Gasteiger partial charge is 0.399 e. The Balaban J connectivity index is 2.01. The molecule has 2 aromatic rings. The van der Waals surface area contributed by atoms with E-state index in [4.69, 9.17) is 5.73 Å². The topological polar surface area (TPSA) is 69.2 Å². The number of anilines is 1. The smallest absolute Gasteiger partial charge is 0.272 e. The zero-order chi connectivity index (χ0) is 14.5. The molecule has 4 nitrogen and oxygen atoms in total. The standard InChI is InChI=1S/C15H16N2O2S/c1-11-10-13(16)6-7-15(11)20-9-8-12-4-2-3-5-14(12)17(18)19/h2-7,10H,8-9,16H2,1H3. The fraction of sp³-hybridized carbons (Fsp3) is 0.200. The van der Waals surface area contributed by atoms with Gasteiger partial charge in [-0.3, -0.25) is 10.1 Å². The average Bonchev–Trinajstić information content (AvgIpc) is 2.41. The Morgan fingerprint density at radius 1 is 1.25 bits per heavy atom. The molecular weight excluding hydrogens is 272 g/mol. The molecule has 20 heavy (non-hydrogen) atoms. The van der Waals surface area contributed by atoms with Crippen molar-refractivity contribution in [3.05, 3.63) is 63.7 Å². The van der Waals surface area contributed by atoms with E-state index < -0.39 is 0 Å². The van der Waals surface area contributed by atoms with Gasteiger partial charge in [-0.1, -0.05) is 18.2 Å². The van der Waals surface area contributed by atoms with Gasteiger partial charge in [0.25, 0.3) is 5.69 Å². The van der Waals surface area contributed by atoms with Crippen LogP contribution in [0.5, 0.6) is 0 Å². The van der Waals surface area contributed by atoms with E-state index in [0.717, 1.165) is 27.5 Å². The van der Waals surface area contributed by atoms with Crippen molar-refractivity contribution in [2.75, 3.05) is 11.5 Å². The Bertz CT molecular complexity index is 629. The van der Waals surface area contributed by atoms with Gasteiger partial charge in [-0.2, -0.15) is 0 Å². The fourth-order valence-electron chi connectivity index (χ4n) is 2.01. The lowest BCUT2D eigenvalue weighted by molar-refractivity contribution is -0.385. The minimum Gasteiger partial charge on any atom is -0.399 e. The first-order valence-corrected chi connectivity index (χ1v) is 7.27. The third-order valence-corrected chi connectivity index (χ3v) is 4.19. The number of nitro benzene ring substituents is 1. The summed E-state index contributed by atoms with van der Waals surface area (Å²) in [5.41, 5.74) is 8.58. The zero-order valence-electron chi connectivity index (χ0n) is 11.2. The number of benzene rings is 2. The minimum absolute atomic E-state index is 0.196. The van der Waals surface area contributed by atoms with Crippen molar-refractivity contribution < 1.29 is 4.92 Å². The lowest BCUT2D eigenvalue weighted by atomic mass is 10.1. The van der Waals surface area contributed by atoms with E-state index in [0.29, 0.717) is 6.42 Å². The molecule has 0 fully saturated rings. The van der Waals surface area contributed by atoms with Crippen LogP contribution in [0, 0.1) is 17.0 Å². The molecule has 0 heterocycles. The average molecular weight is 288 g/mol. The summed E-state index contributed by atoms with van der Waals surface area (Å²) in [5.74, 6) is 0.801. The highest BCUT2D eigenvalue weighted by molar-refractivity contribution is 7.99. The minimum atomic E-state index is -0.325. The summed E-state index contributed by atoms with van der Waals surface area (Å²) in [4.78, 5) is 11.8. The normalized spacial score (nSPS) is 10.4. The Hall–Kier alpha value is -2.01. The second-order valence-corrected chi connectivity index (χ2v) is 5.65. The number of nitrogens with two attached hydrogens (primary N) is 1. The van der Waals surface area contributed by atoms with E-state index in [-0.39, 0.29) is 10.6 Å². The van der Waals surface area contributed by atoms with Crippen molar-refractivity contribution in [3.8, 4) is 0 Å². The molecule has 2 rings (SSSR count). The van der Waals surface area contributed by atoms with Crippen LogP contribution in [0.15, 0.2) is 47.4 Å². The molecule has 0 aromatic heterocycles. The van der Waals surface area contributed by atoms with E-state index in [1.54, 1.807) is 23.9 Å². The van der Waals surface area contributed by atoms with Crippen LogP contribution in [0.4, 0.5) is 11.4 Å². The molecule has 2 aromatic carbocycles. The van der Waals surface area contributed by atoms with Crippen LogP contribution in [0.25, 0.3) is 0 Å². The van der Waals surface area contributed by atoms with Gasteiger partial charge in [-0.05, 0) is 37.1 Å². The van der Waals surface area contributed by atoms with E-state index >= 15 is 0 Å². The summed E-state index contributed by atoms with van der Waals surface area (Å²) in [5, 5.41) is 10.9. The van der Waals surface area contributed by atoms with E-state index in [9.17, 15) is 10.1 Å². The van der Waals surface area contributed by atoms with Crippen molar-refractivity contribution in [1.82, 2.24) is 0 Å². The Morgan fingerprint density at radius 2 is 2.00 bits per heavy atom. The highest BCUT2D eigenvalue weighted by Gasteiger charge is 2.11. The summed E-state index contributed by atoms with van der Waals surface area (Å²) < 4.78 is 0. The lowest BCUT2D eigenvalue weighted by Gasteiger charge is -2.07. The number of rotatable bonds is 5. The molecule has 0 aliphatic heterocycles. The molecule has 5 heteroatoms. The van der Waals surface area contributed by atoms with Gasteiger partial charge in [0.15, 0.2) is 0 Å². The van der Waals surface area contributed by atoms with Crippen LogP contribution in [-0.2, 0) is 6.42 Å².